The highest BCUT2D eigenvalue weighted by Crippen LogP contribution is 2.29. The average molecular weight is 306 g/mol. The molecule has 2 aromatic rings. The van der Waals surface area contributed by atoms with Gasteiger partial charge in [-0.25, -0.2) is 4.98 Å². The first kappa shape index (κ1) is 14.2. The van der Waals surface area contributed by atoms with Crippen LogP contribution in [0.4, 0.5) is 0 Å². The van der Waals surface area contributed by atoms with Crippen LogP contribution < -0.4 is 0 Å². The molecule has 0 radical (unpaired) electrons. The Bertz CT molecular complexity index is 623. The summed E-state index contributed by atoms with van der Waals surface area (Å²) in [5.41, 5.74) is 4.50. The fourth-order valence-electron chi connectivity index (χ4n) is 2.80. The molecule has 0 fully saturated rings. The molecule has 7 heteroatoms. The molecular formula is C14H18N4O2S. The van der Waals surface area contributed by atoms with Gasteiger partial charge in [-0.3, -0.25) is 9.48 Å². The van der Waals surface area contributed by atoms with Crippen molar-refractivity contribution in [3.63, 3.8) is 0 Å². The van der Waals surface area contributed by atoms with Gasteiger partial charge in [-0.2, -0.15) is 5.10 Å². The number of fused-ring (bicyclic) bond motifs is 1. The summed E-state index contributed by atoms with van der Waals surface area (Å²) in [5, 5.41) is 6.21. The van der Waals surface area contributed by atoms with Crippen LogP contribution in [-0.2, 0) is 17.8 Å². The molecule has 0 aliphatic carbocycles. The van der Waals surface area contributed by atoms with Gasteiger partial charge in [0.15, 0.2) is 0 Å². The molecule has 0 saturated carbocycles. The van der Waals surface area contributed by atoms with E-state index >= 15 is 0 Å². The van der Waals surface area contributed by atoms with Crippen molar-refractivity contribution in [2.45, 2.75) is 25.9 Å². The number of hydrogen-bond acceptors (Lipinski definition) is 5. The van der Waals surface area contributed by atoms with Gasteiger partial charge in [0, 0.05) is 37.1 Å². The van der Waals surface area contributed by atoms with Crippen molar-refractivity contribution in [1.82, 2.24) is 19.7 Å². The van der Waals surface area contributed by atoms with Crippen LogP contribution in [0.15, 0.2) is 17.1 Å². The van der Waals surface area contributed by atoms with E-state index in [-0.39, 0.29) is 11.8 Å². The van der Waals surface area contributed by atoms with Crippen molar-refractivity contribution in [2.75, 3.05) is 20.3 Å². The first-order valence-corrected chi connectivity index (χ1v) is 7.89. The summed E-state index contributed by atoms with van der Waals surface area (Å²) < 4.78 is 7.27. The molecule has 21 heavy (non-hydrogen) atoms. The molecule has 1 amide bonds. The number of amides is 1. The zero-order valence-corrected chi connectivity index (χ0v) is 13.0. The molecule has 1 aliphatic heterocycles. The second-order valence-electron chi connectivity index (χ2n) is 5.07. The number of aromatic nitrogens is 3. The molecule has 0 bridgehead atoms. The molecular weight excluding hydrogens is 288 g/mol. The van der Waals surface area contributed by atoms with E-state index in [1.807, 2.05) is 15.8 Å². The number of rotatable bonds is 4. The standard InChI is InChI=1S/C14H18N4O2S/c1-3-18-13-6-17(14(19)12-8-21-9-15-12)5-10(7-20-2)11(13)4-16-18/h4,8-10H,3,5-7H2,1-2H3. The van der Waals surface area contributed by atoms with Crippen molar-refractivity contribution < 1.29 is 9.53 Å². The molecule has 1 aliphatic rings. The minimum atomic E-state index is -0.0214. The summed E-state index contributed by atoms with van der Waals surface area (Å²) in [6.45, 7) is 4.67. The van der Waals surface area contributed by atoms with E-state index in [9.17, 15) is 4.79 Å². The first-order chi connectivity index (χ1) is 10.2. The van der Waals surface area contributed by atoms with Gasteiger partial charge in [0.1, 0.15) is 5.69 Å². The molecule has 2 aromatic heterocycles. The van der Waals surface area contributed by atoms with Crippen LogP contribution in [0, 0.1) is 0 Å². The number of carbonyl (C=O) groups is 1. The predicted octanol–water partition coefficient (Wildman–Crippen LogP) is 1.75. The molecule has 6 nitrogen and oxygen atoms in total. The smallest absolute Gasteiger partial charge is 0.273 e. The Labute approximate surface area is 127 Å². The lowest BCUT2D eigenvalue weighted by molar-refractivity contribution is 0.0669. The van der Waals surface area contributed by atoms with E-state index < -0.39 is 0 Å². The Hall–Kier alpha value is -1.73. The van der Waals surface area contributed by atoms with E-state index in [0.717, 1.165) is 12.2 Å². The molecule has 0 N–H and O–H groups in total. The number of methoxy groups -OCH3 is 1. The van der Waals surface area contributed by atoms with Crippen molar-refractivity contribution in [2.24, 2.45) is 0 Å². The molecule has 3 heterocycles. The van der Waals surface area contributed by atoms with Gasteiger partial charge < -0.3 is 9.64 Å². The normalized spacial score (nSPS) is 17.8. The van der Waals surface area contributed by atoms with Crippen LogP contribution in [0.3, 0.4) is 0 Å². The SMILES string of the molecule is CCn1ncc2c1CN(C(=O)c1cscn1)CC2COC. The van der Waals surface area contributed by atoms with Crippen molar-refractivity contribution in [1.29, 1.82) is 0 Å². The van der Waals surface area contributed by atoms with Gasteiger partial charge in [0.25, 0.3) is 5.91 Å². The number of carbonyl (C=O) groups excluding carboxylic acids is 1. The summed E-state index contributed by atoms with van der Waals surface area (Å²) in [5.74, 6) is 0.147. The lowest BCUT2D eigenvalue weighted by Crippen LogP contribution is -2.40. The van der Waals surface area contributed by atoms with Gasteiger partial charge in [0.2, 0.25) is 0 Å². The van der Waals surface area contributed by atoms with Gasteiger partial charge in [0.05, 0.1) is 30.6 Å². The highest BCUT2D eigenvalue weighted by Gasteiger charge is 2.32. The number of hydrogen-bond donors (Lipinski definition) is 0. The molecule has 0 spiro atoms. The molecule has 0 saturated heterocycles. The maximum atomic E-state index is 12.5. The van der Waals surface area contributed by atoms with E-state index in [4.69, 9.17) is 4.74 Å². The molecule has 0 aromatic carbocycles. The van der Waals surface area contributed by atoms with Gasteiger partial charge in [-0.1, -0.05) is 0 Å². The fourth-order valence-corrected chi connectivity index (χ4v) is 3.33. The van der Waals surface area contributed by atoms with Crippen LogP contribution in [-0.4, -0.2) is 45.8 Å². The summed E-state index contributed by atoms with van der Waals surface area (Å²) >= 11 is 1.44. The van der Waals surface area contributed by atoms with Crippen molar-refractivity contribution in [3.8, 4) is 0 Å². The Morgan fingerprint density at radius 2 is 2.43 bits per heavy atom. The summed E-state index contributed by atoms with van der Waals surface area (Å²) in [6.07, 6.45) is 1.91. The number of nitrogens with zero attached hydrogens (tertiary/aromatic N) is 4. The van der Waals surface area contributed by atoms with Crippen LogP contribution >= 0.6 is 11.3 Å². The van der Waals surface area contributed by atoms with E-state index in [1.165, 1.54) is 16.9 Å². The second kappa shape index (κ2) is 5.95. The quantitative estimate of drug-likeness (QED) is 0.863. The zero-order valence-electron chi connectivity index (χ0n) is 12.2. The Morgan fingerprint density at radius 1 is 1.57 bits per heavy atom. The topological polar surface area (TPSA) is 60.2 Å². The zero-order chi connectivity index (χ0) is 14.8. The molecule has 1 atom stereocenters. The third-order valence-corrected chi connectivity index (χ3v) is 4.39. The van der Waals surface area contributed by atoms with Crippen molar-refractivity contribution >= 4 is 17.2 Å². The van der Waals surface area contributed by atoms with Gasteiger partial charge in [-0.05, 0) is 6.92 Å². The molecule has 1 unspecified atom stereocenters. The highest BCUT2D eigenvalue weighted by molar-refractivity contribution is 7.07. The lowest BCUT2D eigenvalue weighted by Gasteiger charge is -2.32. The summed E-state index contributed by atoms with van der Waals surface area (Å²) in [7, 11) is 1.69. The maximum absolute atomic E-state index is 12.5. The Kier molecular flexibility index (Phi) is 4.03. The number of thiazole rings is 1. The third kappa shape index (κ3) is 2.58. The first-order valence-electron chi connectivity index (χ1n) is 6.95. The lowest BCUT2D eigenvalue weighted by atomic mass is 9.95. The third-order valence-electron chi connectivity index (χ3n) is 3.81. The van der Waals surface area contributed by atoms with Crippen LogP contribution in [0.5, 0.6) is 0 Å². The monoisotopic (exact) mass is 306 g/mol. The summed E-state index contributed by atoms with van der Waals surface area (Å²) in [4.78, 5) is 18.5. The van der Waals surface area contributed by atoms with E-state index in [0.29, 0.717) is 25.4 Å². The van der Waals surface area contributed by atoms with Crippen LogP contribution in [0.2, 0.25) is 0 Å². The van der Waals surface area contributed by atoms with E-state index in [1.54, 1.807) is 18.0 Å². The minimum absolute atomic E-state index is 0.0214. The van der Waals surface area contributed by atoms with E-state index in [2.05, 4.69) is 17.0 Å². The van der Waals surface area contributed by atoms with Gasteiger partial charge in [-0.15, -0.1) is 11.3 Å². The second-order valence-corrected chi connectivity index (χ2v) is 5.79. The largest absolute Gasteiger partial charge is 0.384 e. The Morgan fingerprint density at radius 3 is 3.10 bits per heavy atom. The molecule has 112 valence electrons. The Balaban J connectivity index is 1.90. The number of ether oxygens (including phenoxy) is 1. The van der Waals surface area contributed by atoms with Gasteiger partial charge >= 0.3 is 0 Å². The van der Waals surface area contributed by atoms with Crippen LogP contribution in [0.1, 0.15) is 34.6 Å². The minimum Gasteiger partial charge on any atom is -0.384 e. The fraction of sp³-hybridized carbons (Fsp3) is 0.500. The summed E-state index contributed by atoms with van der Waals surface area (Å²) in [6, 6.07) is 0. The highest BCUT2D eigenvalue weighted by atomic mass is 32.1. The predicted molar refractivity (Wildman–Crippen MR) is 79.4 cm³/mol. The van der Waals surface area contributed by atoms with Crippen molar-refractivity contribution in [3.05, 3.63) is 34.0 Å². The number of aryl methyl sites for hydroxylation is 1. The molecule has 3 rings (SSSR count). The maximum Gasteiger partial charge on any atom is 0.273 e. The average Bonchev–Trinajstić information content (AvgIpc) is 3.16. The van der Waals surface area contributed by atoms with Crippen LogP contribution in [0.25, 0.3) is 0 Å².